The van der Waals surface area contributed by atoms with Crippen LogP contribution in [-0.4, -0.2) is 22.8 Å². The minimum absolute atomic E-state index is 0.186. The van der Waals surface area contributed by atoms with Crippen LogP contribution in [0, 0.1) is 17.5 Å². The van der Waals surface area contributed by atoms with Gasteiger partial charge in [-0.2, -0.15) is 0 Å². The number of pyridine rings is 1. The zero-order valence-corrected chi connectivity index (χ0v) is 10.6. The number of carbonyl (C=O) groups is 1. The lowest BCUT2D eigenvalue weighted by Gasteiger charge is -2.17. The van der Waals surface area contributed by atoms with E-state index in [-0.39, 0.29) is 6.54 Å². The highest BCUT2D eigenvalue weighted by Crippen LogP contribution is 2.17. The number of nitrogens with zero attached hydrogens (tertiary/aromatic N) is 2. The van der Waals surface area contributed by atoms with Crippen LogP contribution in [0.5, 0.6) is 0 Å². The Bertz CT molecular complexity index is 632. The van der Waals surface area contributed by atoms with Gasteiger partial charge in [-0.1, -0.05) is 6.07 Å². The average molecular weight is 280 g/mol. The quantitative estimate of drug-likeness (QED) is 0.810. The van der Waals surface area contributed by atoms with Gasteiger partial charge >= 0.3 is 0 Å². The zero-order chi connectivity index (χ0) is 14.7. The van der Waals surface area contributed by atoms with E-state index in [0.717, 1.165) is 17.7 Å². The molecule has 0 aliphatic heterocycles. The topological polar surface area (TPSA) is 33.2 Å². The first-order valence-electron chi connectivity index (χ1n) is 5.78. The second-order valence-corrected chi connectivity index (χ2v) is 4.25. The fourth-order valence-corrected chi connectivity index (χ4v) is 1.73. The summed E-state index contributed by atoms with van der Waals surface area (Å²) in [5.41, 5.74) is 0.238. The molecule has 0 saturated heterocycles. The van der Waals surface area contributed by atoms with Gasteiger partial charge in [0.1, 0.15) is 0 Å². The molecule has 0 aliphatic rings. The number of halogens is 3. The van der Waals surface area contributed by atoms with E-state index in [0.29, 0.717) is 0 Å². The van der Waals surface area contributed by atoms with Crippen molar-refractivity contribution in [1.82, 2.24) is 9.88 Å². The molecule has 0 bridgehead atoms. The van der Waals surface area contributed by atoms with Crippen LogP contribution in [0.2, 0.25) is 0 Å². The number of aromatic nitrogens is 1. The van der Waals surface area contributed by atoms with Crippen molar-refractivity contribution in [3.05, 3.63) is 65.2 Å². The molecule has 2 aromatic rings. The lowest BCUT2D eigenvalue weighted by Crippen LogP contribution is -2.27. The molecule has 3 nitrogen and oxygen atoms in total. The maximum atomic E-state index is 13.5. The van der Waals surface area contributed by atoms with Crippen molar-refractivity contribution in [3.8, 4) is 0 Å². The summed E-state index contributed by atoms with van der Waals surface area (Å²) in [4.78, 5) is 17.1. The molecule has 1 amide bonds. The predicted octanol–water partition coefficient (Wildman–Crippen LogP) is 2.77. The summed E-state index contributed by atoms with van der Waals surface area (Å²) in [5, 5.41) is 0. The summed E-state index contributed by atoms with van der Waals surface area (Å²) in [6.45, 7) is 0.186. The molecular formula is C14H11F3N2O. The molecule has 0 radical (unpaired) electrons. The first-order valence-corrected chi connectivity index (χ1v) is 5.78. The van der Waals surface area contributed by atoms with Crippen molar-refractivity contribution >= 4 is 5.91 Å². The second kappa shape index (κ2) is 5.73. The number of hydrogen-bond acceptors (Lipinski definition) is 2. The third-order valence-corrected chi connectivity index (χ3v) is 2.75. The van der Waals surface area contributed by atoms with Crippen LogP contribution in [0.25, 0.3) is 0 Å². The fraction of sp³-hybridized carbons (Fsp3) is 0.143. The fourth-order valence-electron chi connectivity index (χ4n) is 1.73. The molecule has 0 unspecified atom stereocenters. The van der Waals surface area contributed by atoms with Crippen molar-refractivity contribution in [2.75, 3.05) is 7.05 Å². The van der Waals surface area contributed by atoms with Gasteiger partial charge in [0, 0.05) is 26.0 Å². The minimum atomic E-state index is -1.65. The number of rotatable bonds is 3. The predicted molar refractivity (Wildman–Crippen MR) is 66.4 cm³/mol. The number of carbonyl (C=O) groups excluding carboxylic acids is 1. The van der Waals surface area contributed by atoms with Crippen LogP contribution in [-0.2, 0) is 6.54 Å². The van der Waals surface area contributed by atoms with Gasteiger partial charge in [0.05, 0.1) is 5.56 Å². The summed E-state index contributed by atoms with van der Waals surface area (Å²) in [7, 11) is 1.44. The monoisotopic (exact) mass is 280 g/mol. The molecule has 20 heavy (non-hydrogen) atoms. The van der Waals surface area contributed by atoms with Gasteiger partial charge in [-0.25, -0.2) is 13.2 Å². The molecule has 6 heteroatoms. The lowest BCUT2D eigenvalue weighted by atomic mass is 10.1. The zero-order valence-electron chi connectivity index (χ0n) is 10.6. The molecule has 1 aromatic carbocycles. The molecule has 0 saturated carbocycles. The second-order valence-electron chi connectivity index (χ2n) is 4.25. The standard InChI is InChI=1S/C14H11F3N2O/c1-19(8-9-3-2-6-18-7-9)14(20)10-4-5-11(15)13(17)12(10)16/h2-7H,8H2,1H3. The summed E-state index contributed by atoms with van der Waals surface area (Å²) in [6.07, 6.45) is 3.14. The molecule has 0 spiro atoms. The molecule has 1 heterocycles. The highest BCUT2D eigenvalue weighted by molar-refractivity contribution is 5.94. The van der Waals surface area contributed by atoms with E-state index in [1.807, 2.05) is 0 Å². The van der Waals surface area contributed by atoms with Gasteiger partial charge < -0.3 is 4.90 Å². The summed E-state index contributed by atoms with van der Waals surface area (Å²) in [5.74, 6) is -5.18. The summed E-state index contributed by atoms with van der Waals surface area (Å²) in [6, 6.07) is 5.10. The van der Waals surface area contributed by atoms with E-state index in [1.54, 1.807) is 24.5 Å². The van der Waals surface area contributed by atoms with Gasteiger partial charge in [0.2, 0.25) is 0 Å². The van der Waals surface area contributed by atoms with E-state index in [2.05, 4.69) is 4.98 Å². The van der Waals surface area contributed by atoms with Gasteiger partial charge in [-0.3, -0.25) is 9.78 Å². The Hall–Kier alpha value is -2.37. The molecule has 104 valence electrons. The molecule has 0 fully saturated rings. The van der Waals surface area contributed by atoms with E-state index >= 15 is 0 Å². The Labute approximate surface area is 113 Å². The average Bonchev–Trinajstić information content (AvgIpc) is 2.45. The Kier molecular flexibility index (Phi) is 4.02. The van der Waals surface area contributed by atoms with Gasteiger partial charge in [-0.05, 0) is 23.8 Å². The number of benzene rings is 1. The molecule has 2 rings (SSSR count). The molecule has 0 atom stereocenters. The van der Waals surface area contributed by atoms with Crippen molar-refractivity contribution in [2.24, 2.45) is 0 Å². The lowest BCUT2D eigenvalue weighted by molar-refractivity contribution is 0.0779. The Balaban J connectivity index is 2.21. The Morgan fingerprint density at radius 2 is 1.95 bits per heavy atom. The maximum Gasteiger partial charge on any atom is 0.256 e. The van der Waals surface area contributed by atoms with E-state index < -0.39 is 28.9 Å². The van der Waals surface area contributed by atoms with Crippen LogP contribution >= 0.6 is 0 Å². The van der Waals surface area contributed by atoms with E-state index in [4.69, 9.17) is 0 Å². The summed E-state index contributed by atoms with van der Waals surface area (Å²) >= 11 is 0. The van der Waals surface area contributed by atoms with Crippen LogP contribution in [0.4, 0.5) is 13.2 Å². The van der Waals surface area contributed by atoms with Crippen molar-refractivity contribution in [3.63, 3.8) is 0 Å². The minimum Gasteiger partial charge on any atom is -0.337 e. The smallest absolute Gasteiger partial charge is 0.256 e. The van der Waals surface area contributed by atoms with Gasteiger partial charge in [0.15, 0.2) is 17.5 Å². The molecular weight excluding hydrogens is 269 g/mol. The summed E-state index contributed by atoms with van der Waals surface area (Å²) < 4.78 is 39.5. The molecule has 1 aromatic heterocycles. The number of amides is 1. The third-order valence-electron chi connectivity index (χ3n) is 2.75. The van der Waals surface area contributed by atoms with Crippen LogP contribution in [0.15, 0.2) is 36.7 Å². The highest BCUT2D eigenvalue weighted by atomic mass is 19.2. The van der Waals surface area contributed by atoms with Gasteiger partial charge in [-0.15, -0.1) is 0 Å². The molecule has 0 N–H and O–H groups in total. The maximum absolute atomic E-state index is 13.5. The van der Waals surface area contributed by atoms with E-state index in [9.17, 15) is 18.0 Å². The van der Waals surface area contributed by atoms with Crippen molar-refractivity contribution in [1.29, 1.82) is 0 Å². The largest absolute Gasteiger partial charge is 0.337 e. The highest BCUT2D eigenvalue weighted by Gasteiger charge is 2.21. The van der Waals surface area contributed by atoms with Crippen molar-refractivity contribution < 1.29 is 18.0 Å². The molecule has 0 aliphatic carbocycles. The van der Waals surface area contributed by atoms with Gasteiger partial charge in [0.25, 0.3) is 5.91 Å². The SMILES string of the molecule is CN(Cc1cccnc1)C(=O)c1ccc(F)c(F)c1F. The van der Waals surface area contributed by atoms with Crippen LogP contribution < -0.4 is 0 Å². The first kappa shape index (κ1) is 14.0. The first-order chi connectivity index (χ1) is 9.50. The third kappa shape index (κ3) is 2.79. The normalized spacial score (nSPS) is 10.4. The Morgan fingerprint density at radius 3 is 2.60 bits per heavy atom. The van der Waals surface area contributed by atoms with Crippen LogP contribution in [0.3, 0.4) is 0 Å². The van der Waals surface area contributed by atoms with Crippen molar-refractivity contribution in [2.45, 2.75) is 6.54 Å². The van der Waals surface area contributed by atoms with E-state index in [1.165, 1.54) is 11.9 Å². The van der Waals surface area contributed by atoms with Crippen LogP contribution in [0.1, 0.15) is 15.9 Å². The Morgan fingerprint density at radius 1 is 1.20 bits per heavy atom. The number of hydrogen-bond donors (Lipinski definition) is 0.